The Balaban J connectivity index is 2.42. The van der Waals surface area contributed by atoms with Crippen molar-refractivity contribution in [2.75, 3.05) is 5.73 Å². The van der Waals surface area contributed by atoms with Crippen molar-refractivity contribution in [2.24, 2.45) is 5.92 Å². The van der Waals surface area contributed by atoms with Crippen LogP contribution in [-0.4, -0.2) is 10.2 Å². The van der Waals surface area contributed by atoms with E-state index in [1.54, 1.807) is 0 Å². The Kier molecular flexibility index (Phi) is 1.26. The summed E-state index contributed by atoms with van der Waals surface area (Å²) in [5.74, 6) is 0.124. The molecule has 0 aliphatic heterocycles. The van der Waals surface area contributed by atoms with Crippen molar-refractivity contribution in [2.45, 2.75) is 25.7 Å². The van der Waals surface area contributed by atoms with Crippen molar-refractivity contribution in [1.82, 2.24) is 10.2 Å². The molecule has 2 rings (SSSR count). The summed E-state index contributed by atoms with van der Waals surface area (Å²) in [6.45, 7) is 4.12. The summed E-state index contributed by atoms with van der Waals surface area (Å²) in [5.41, 5.74) is 5.79. The number of nitrogen functional groups attached to an aromatic ring is 1. The zero-order valence-electron chi connectivity index (χ0n) is 7.19. The Hall–Kier alpha value is -1.06. The summed E-state index contributed by atoms with van der Waals surface area (Å²) in [6, 6.07) is 0. The minimum absolute atomic E-state index is 0.0228. The molecule has 3 nitrogen and oxygen atoms in total. The van der Waals surface area contributed by atoms with Gasteiger partial charge in [-0.3, -0.25) is 5.10 Å². The van der Waals surface area contributed by atoms with Crippen LogP contribution in [0.4, 0.5) is 10.2 Å². The molecule has 1 aliphatic carbocycles. The number of aromatic amines is 1. The number of nitrogens with one attached hydrogen (secondary N) is 1. The minimum atomic E-state index is -0.373. The molecule has 0 saturated heterocycles. The highest BCUT2D eigenvalue weighted by Gasteiger charge is 2.51. The topological polar surface area (TPSA) is 54.7 Å². The van der Waals surface area contributed by atoms with Gasteiger partial charge in [0.05, 0.1) is 5.69 Å². The molecule has 3 N–H and O–H groups in total. The second-order valence-electron chi connectivity index (χ2n) is 3.82. The molecule has 2 unspecified atom stereocenters. The van der Waals surface area contributed by atoms with E-state index in [9.17, 15) is 4.39 Å². The Bertz CT molecular complexity index is 320. The third-order valence-corrected chi connectivity index (χ3v) is 2.96. The van der Waals surface area contributed by atoms with Gasteiger partial charge in [0.2, 0.25) is 0 Å². The Morgan fingerprint density at radius 2 is 2.33 bits per heavy atom. The lowest BCUT2D eigenvalue weighted by atomic mass is 10.0. The number of rotatable bonds is 1. The predicted molar refractivity (Wildman–Crippen MR) is 44.1 cm³/mol. The second-order valence-corrected chi connectivity index (χ2v) is 3.82. The van der Waals surface area contributed by atoms with Gasteiger partial charge in [0, 0.05) is 5.41 Å². The van der Waals surface area contributed by atoms with Crippen LogP contribution in [0.3, 0.4) is 0 Å². The summed E-state index contributed by atoms with van der Waals surface area (Å²) >= 11 is 0. The van der Waals surface area contributed by atoms with Crippen molar-refractivity contribution < 1.29 is 4.39 Å². The van der Waals surface area contributed by atoms with E-state index in [2.05, 4.69) is 17.1 Å². The van der Waals surface area contributed by atoms with Crippen LogP contribution in [0.5, 0.6) is 0 Å². The fraction of sp³-hybridized carbons (Fsp3) is 0.625. The van der Waals surface area contributed by atoms with Gasteiger partial charge in [-0.1, -0.05) is 13.8 Å². The smallest absolute Gasteiger partial charge is 0.188 e. The number of hydrogen-bond donors (Lipinski definition) is 2. The molecular formula is C8H12FN3. The predicted octanol–water partition coefficient (Wildman–Crippen LogP) is 1.43. The minimum Gasteiger partial charge on any atom is -0.380 e. The number of halogens is 1. The molecule has 0 spiro atoms. The van der Waals surface area contributed by atoms with E-state index in [0.29, 0.717) is 11.6 Å². The average molecular weight is 169 g/mol. The van der Waals surface area contributed by atoms with Gasteiger partial charge in [-0.15, -0.1) is 0 Å². The number of nitrogens with zero attached hydrogens (tertiary/aromatic N) is 1. The standard InChI is InChI=1S/C8H12FN3/c1-4-3-8(4,2)6-5(9)7(10)12-11-6/h4H,3H2,1-2H3,(H3,10,11,12). The summed E-state index contributed by atoms with van der Waals surface area (Å²) in [7, 11) is 0. The molecule has 0 aromatic carbocycles. The molecule has 1 heterocycles. The highest BCUT2D eigenvalue weighted by Crippen LogP contribution is 2.53. The van der Waals surface area contributed by atoms with Crippen LogP contribution in [0.1, 0.15) is 26.0 Å². The molecule has 1 aliphatic rings. The van der Waals surface area contributed by atoms with Crippen molar-refractivity contribution in [3.63, 3.8) is 0 Å². The van der Waals surface area contributed by atoms with E-state index < -0.39 is 0 Å². The SMILES string of the molecule is CC1CC1(C)c1[nH]nc(N)c1F. The Morgan fingerprint density at radius 1 is 1.75 bits per heavy atom. The molecule has 1 aromatic heterocycles. The summed E-state index contributed by atoms with van der Waals surface area (Å²) in [6.07, 6.45) is 1.01. The van der Waals surface area contributed by atoms with Gasteiger partial charge < -0.3 is 5.73 Å². The maximum Gasteiger partial charge on any atom is 0.188 e. The van der Waals surface area contributed by atoms with E-state index in [-0.39, 0.29) is 17.1 Å². The molecule has 1 fully saturated rings. The maximum absolute atomic E-state index is 13.3. The average Bonchev–Trinajstić information content (AvgIpc) is 2.44. The van der Waals surface area contributed by atoms with Crippen LogP contribution < -0.4 is 5.73 Å². The van der Waals surface area contributed by atoms with Gasteiger partial charge in [-0.25, -0.2) is 4.39 Å². The van der Waals surface area contributed by atoms with Gasteiger partial charge in [0.1, 0.15) is 0 Å². The second kappa shape index (κ2) is 2.00. The first kappa shape index (κ1) is 7.58. The third-order valence-electron chi connectivity index (χ3n) is 2.96. The van der Waals surface area contributed by atoms with E-state index in [1.165, 1.54) is 0 Å². The molecule has 12 heavy (non-hydrogen) atoms. The van der Waals surface area contributed by atoms with Crippen molar-refractivity contribution in [1.29, 1.82) is 0 Å². The van der Waals surface area contributed by atoms with Crippen molar-refractivity contribution in [3.8, 4) is 0 Å². The van der Waals surface area contributed by atoms with Crippen LogP contribution in [0.25, 0.3) is 0 Å². The zero-order valence-corrected chi connectivity index (χ0v) is 7.19. The summed E-state index contributed by atoms with van der Waals surface area (Å²) in [5, 5.41) is 6.29. The fourth-order valence-electron chi connectivity index (χ4n) is 1.65. The van der Waals surface area contributed by atoms with Gasteiger partial charge >= 0.3 is 0 Å². The van der Waals surface area contributed by atoms with Crippen LogP contribution in [-0.2, 0) is 5.41 Å². The number of anilines is 1. The first-order valence-electron chi connectivity index (χ1n) is 4.05. The van der Waals surface area contributed by atoms with E-state index >= 15 is 0 Å². The van der Waals surface area contributed by atoms with Gasteiger partial charge in [0.15, 0.2) is 11.6 Å². The first-order chi connectivity index (χ1) is 5.55. The molecule has 66 valence electrons. The molecule has 0 amide bonds. The lowest BCUT2D eigenvalue weighted by Gasteiger charge is -2.05. The summed E-state index contributed by atoms with van der Waals surface area (Å²) < 4.78 is 13.3. The van der Waals surface area contributed by atoms with E-state index in [1.807, 2.05) is 6.92 Å². The largest absolute Gasteiger partial charge is 0.380 e. The summed E-state index contributed by atoms with van der Waals surface area (Å²) in [4.78, 5) is 0. The lowest BCUT2D eigenvalue weighted by Crippen LogP contribution is -2.06. The Labute approximate surface area is 70.2 Å². The van der Waals surface area contributed by atoms with Crippen molar-refractivity contribution in [3.05, 3.63) is 11.5 Å². The van der Waals surface area contributed by atoms with Crippen molar-refractivity contribution >= 4 is 5.82 Å². The Morgan fingerprint density at radius 3 is 2.67 bits per heavy atom. The van der Waals surface area contributed by atoms with E-state index in [4.69, 9.17) is 5.73 Å². The first-order valence-corrected chi connectivity index (χ1v) is 4.05. The van der Waals surface area contributed by atoms with Gasteiger partial charge in [-0.2, -0.15) is 5.10 Å². The van der Waals surface area contributed by atoms with Gasteiger partial charge in [0.25, 0.3) is 0 Å². The third kappa shape index (κ3) is 0.777. The number of hydrogen-bond acceptors (Lipinski definition) is 2. The quantitative estimate of drug-likeness (QED) is 0.668. The number of H-pyrrole nitrogens is 1. The molecule has 0 bridgehead atoms. The van der Waals surface area contributed by atoms with Crippen LogP contribution in [0.2, 0.25) is 0 Å². The van der Waals surface area contributed by atoms with Gasteiger partial charge in [-0.05, 0) is 12.3 Å². The maximum atomic E-state index is 13.3. The monoisotopic (exact) mass is 169 g/mol. The molecule has 2 atom stereocenters. The highest BCUT2D eigenvalue weighted by atomic mass is 19.1. The lowest BCUT2D eigenvalue weighted by molar-refractivity contribution is 0.569. The van der Waals surface area contributed by atoms with E-state index in [0.717, 1.165) is 6.42 Å². The van der Waals surface area contributed by atoms with Crippen LogP contribution >= 0.6 is 0 Å². The van der Waals surface area contributed by atoms with Crippen LogP contribution in [0, 0.1) is 11.7 Å². The molecule has 1 aromatic rings. The van der Waals surface area contributed by atoms with Crippen LogP contribution in [0.15, 0.2) is 0 Å². The zero-order chi connectivity index (χ0) is 8.93. The molecule has 0 radical (unpaired) electrons. The fourth-order valence-corrected chi connectivity index (χ4v) is 1.65. The molecule has 4 heteroatoms. The molecule has 1 saturated carbocycles. The number of aromatic nitrogens is 2. The number of nitrogens with two attached hydrogens (primary N) is 1. The normalized spacial score (nSPS) is 33.8. The molecular weight excluding hydrogens is 157 g/mol. The highest BCUT2D eigenvalue weighted by molar-refractivity contribution is 5.38.